The number of aliphatic hydroxyl groups is 1. The highest BCUT2D eigenvalue weighted by molar-refractivity contribution is 5.44. The third-order valence-corrected chi connectivity index (χ3v) is 4.44. The largest absolute Gasteiger partial charge is 0.387 e. The Hall–Kier alpha value is -1.06. The fraction of sp³-hybridized carbons (Fsp3) is 0.600. The van der Waals surface area contributed by atoms with Gasteiger partial charge in [-0.05, 0) is 25.0 Å². The van der Waals surface area contributed by atoms with Gasteiger partial charge in [-0.15, -0.1) is 0 Å². The van der Waals surface area contributed by atoms with Crippen molar-refractivity contribution < 1.29 is 9.84 Å². The summed E-state index contributed by atoms with van der Waals surface area (Å²) < 4.78 is 5.51. The molecule has 98 valence electrons. The smallest absolute Gasteiger partial charge is 0.0919 e. The number of para-hydroxylation sites is 1. The van der Waals surface area contributed by atoms with Crippen LogP contribution in [0, 0.1) is 5.92 Å². The summed E-state index contributed by atoms with van der Waals surface area (Å²) in [5.41, 5.74) is 0.509. The maximum absolute atomic E-state index is 11.0. The highest BCUT2D eigenvalue weighted by Gasteiger charge is 2.47. The molecule has 2 N–H and O–H groups in total. The Bertz CT molecular complexity index is 393. The zero-order valence-corrected chi connectivity index (χ0v) is 10.6. The predicted molar refractivity (Wildman–Crippen MR) is 71.6 cm³/mol. The number of rotatable bonds is 2. The second kappa shape index (κ2) is 4.90. The minimum absolute atomic E-state index is 0.155. The van der Waals surface area contributed by atoms with Crippen molar-refractivity contribution in [2.45, 2.75) is 37.3 Å². The third-order valence-electron chi connectivity index (χ3n) is 4.44. The monoisotopic (exact) mass is 247 g/mol. The normalized spacial score (nSPS) is 35.8. The molecule has 0 spiro atoms. The fourth-order valence-electron chi connectivity index (χ4n) is 3.35. The fourth-order valence-corrected chi connectivity index (χ4v) is 3.35. The molecule has 1 aliphatic carbocycles. The zero-order valence-electron chi connectivity index (χ0n) is 10.6. The maximum Gasteiger partial charge on any atom is 0.0919 e. The van der Waals surface area contributed by atoms with Crippen LogP contribution in [0.15, 0.2) is 30.3 Å². The van der Waals surface area contributed by atoms with Crippen molar-refractivity contribution in [1.82, 2.24) is 0 Å². The lowest BCUT2D eigenvalue weighted by atomic mass is 9.69. The van der Waals surface area contributed by atoms with E-state index in [0.29, 0.717) is 19.1 Å². The number of ether oxygens (including phenoxy) is 1. The van der Waals surface area contributed by atoms with Crippen LogP contribution in [0.5, 0.6) is 0 Å². The first kappa shape index (κ1) is 12.0. The minimum atomic E-state index is -0.591. The molecule has 2 aliphatic rings. The first-order chi connectivity index (χ1) is 8.79. The van der Waals surface area contributed by atoms with E-state index < -0.39 is 5.60 Å². The van der Waals surface area contributed by atoms with Crippen molar-refractivity contribution in [2.24, 2.45) is 5.92 Å². The van der Waals surface area contributed by atoms with Crippen LogP contribution in [-0.4, -0.2) is 30.0 Å². The first-order valence-electron chi connectivity index (χ1n) is 6.91. The second-order valence-corrected chi connectivity index (χ2v) is 5.51. The van der Waals surface area contributed by atoms with Crippen molar-refractivity contribution >= 4 is 5.69 Å². The van der Waals surface area contributed by atoms with E-state index in [-0.39, 0.29) is 6.04 Å². The average Bonchev–Trinajstić information content (AvgIpc) is 2.41. The number of nitrogens with one attached hydrogen (secondary N) is 1. The summed E-state index contributed by atoms with van der Waals surface area (Å²) in [5, 5.41) is 14.5. The van der Waals surface area contributed by atoms with Gasteiger partial charge in [-0.3, -0.25) is 0 Å². The molecule has 1 aromatic rings. The number of fused-ring (bicyclic) bond motifs is 1. The van der Waals surface area contributed by atoms with Gasteiger partial charge in [0, 0.05) is 24.6 Å². The van der Waals surface area contributed by atoms with Crippen molar-refractivity contribution in [1.29, 1.82) is 0 Å². The van der Waals surface area contributed by atoms with Crippen molar-refractivity contribution in [3.05, 3.63) is 30.3 Å². The van der Waals surface area contributed by atoms with E-state index >= 15 is 0 Å². The van der Waals surface area contributed by atoms with Crippen LogP contribution < -0.4 is 5.32 Å². The molecule has 0 bridgehead atoms. The summed E-state index contributed by atoms with van der Waals surface area (Å²) in [5.74, 6) is 0.293. The molecule has 3 nitrogen and oxygen atoms in total. The lowest BCUT2D eigenvalue weighted by molar-refractivity contribution is -0.137. The van der Waals surface area contributed by atoms with E-state index in [1.807, 2.05) is 18.2 Å². The molecule has 2 fully saturated rings. The standard InChI is InChI=1S/C15H21NO2/c17-15-9-10-18-11-12(15)5-4-8-14(15)16-13-6-2-1-3-7-13/h1-3,6-7,12,14,16-17H,4-5,8-11H2/t12-,14?,15+/m0/s1. The van der Waals surface area contributed by atoms with Gasteiger partial charge < -0.3 is 15.2 Å². The summed E-state index contributed by atoms with van der Waals surface area (Å²) in [6.07, 6.45) is 4.05. The number of hydrogen-bond acceptors (Lipinski definition) is 3. The van der Waals surface area contributed by atoms with Crippen LogP contribution in [0.4, 0.5) is 5.69 Å². The molecule has 0 aromatic heterocycles. The van der Waals surface area contributed by atoms with Crippen LogP contribution in [0.25, 0.3) is 0 Å². The van der Waals surface area contributed by atoms with Crippen molar-refractivity contribution in [3.8, 4) is 0 Å². The molecular formula is C15H21NO2. The summed E-state index contributed by atoms with van der Waals surface area (Å²) in [4.78, 5) is 0. The van der Waals surface area contributed by atoms with E-state index in [2.05, 4.69) is 17.4 Å². The molecule has 18 heavy (non-hydrogen) atoms. The van der Waals surface area contributed by atoms with Crippen molar-refractivity contribution in [2.75, 3.05) is 18.5 Å². The Kier molecular flexibility index (Phi) is 3.27. The van der Waals surface area contributed by atoms with Gasteiger partial charge in [0.15, 0.2) is 0 Å². The molecule has 1 aliphatic heterocycles. The number of anilines is 1. The van der Waals surface area contributed by atoms with Crippen LogP contribution >= 0.6 is 0 Å². The van der Waals surface area contributed by atoms with E-state index in [1.54, 1.807) is 0 Å². The SMILES string of the molecule is O[C@]12CCOC[C@@H]1CCCC2Nc1ccccc1. The van der Waals surface area contributed by atoms with Gasteiger partial charge in [0.1, 0.15) is 0 Å². The maximum atomic E-state index is 11.0. The molecule has 3 atom stereocenters. The second-order valence-electron chi connectivity index (χ2n) is 5.51. The van der Waals surface area contributed by atoms with Crippen LogP contribution in [0.2, 0.25) is 0 Å². The zero-order chi connectivity index (χ0) is 12.4. The Balaban J connectivity index is 1.78. The molecule has 1 unspecified atom stereocenters. The summed E-state index contributed by atoms with van der Waals surface area (Å²) in [6, 6.07) is 10.3. The minimum Gasteiger partial charge on any atom is -0.387 e. The average molecular weight is 247 g/mol. The highest BCUT2D eigenvalue weighted by atomic mass is 16.5. The van der Waals surface area contributed by atoms with E-state index in [4.69, 9.17) is 4.74 Å². The van der Waals surface area contributed by atoms with Gasteiger partial charge in [0.25, 0.3) is 0 Å². The lowest BCUT2D eigenvalue weighted by Gasteiger charge is -2.48. The van der Waals surface area contributed by atoms with Gasteiger partial charge >= 0.3 is 0 Å². The quantitative estimate of drug-likeness (QED) is 0.843. The first-order valence-corrected chi connectivity index (χ1v) is 6.91. The van der Waals surface area contributed by atoms with Crippen LogP contribution in [0.1, 0.15) is 25.7 Å². The Morgan fingerprint density at radius 3 is 2.89 bits per heavy atom. The molecule has 1 saturated carbocycles. The summed E-state index contributed by atoms with van der Waals surface area (Å²) >= 11 is 0. The van der Waals surface area contributed by atoms with Gasteiger partial charge in [-0.2, -0.15) is 0 Å². The Morgan fingerprint density at radius 1 is 1.22 bits per heavy atom. The molecule has 1 saturated heterocycles. The van der Waals surface area contributed by atoms with E-state index in [0.717, 1.165) is 24.9 Å². The molecule has 3 rings (SSSR count). The van der Waals surface area contributed by atoms with Crippen molar-refractivity contribution in [3.63, 3.8) is 0 Å². The Morgan fingerprint density at radius 2 is 2.06 bits per heavy atom. The number of hydrogen-bond donors (Lipinski definition) is 2. The topological polar surface area (TPSA) is 41.5 Å². The predicted octanol–water partition coefficient (Wildman–Crippen LogP) is 2.42. The van der Waals surface area contributed by atoms with Crippen LogP contribution in [-0.2, 0) is 4.74 Å². The van der Waals surface area contributed by atoms with Gasteiger partial charge in [0.05, 0.1) is 18.2 Å². The summed E-state index contributed by atoms with van der Waals surface area (Å²) in [7, 11) is 0. The third kappa shape index (κ3) is 2.13. The Labute approximate surface area is 108 Å². The number of benzene rings is 1. The van der Waals surface area contributed by atoms with E-state index in [1.165, 1.54) is 6.42 Å². The van der Waals surface area contributed by atoms with Gasteiger partial charge in [-0.25, -0.2) is 0 Å². The summed E-state index contributed by atoms with van der Waals surface area (Å²) in [6.45, 7) is 1.39. The van der Waals surface area contributed by atoms with Gasteiger partial charge in [0.2, 0.25) is 0 Å². The van der Waals surface area contributed by atoms with E-state index in [9.17, 15) is 5.11 Å². The molecule has 3 heteroatoms. The van der Waals surface area contributed by atoms with Crippen LogP contribution in [0.3, 0.4) is 0 Å². The lowest BCUT2D eigenvalue weighted by Crippen LogP contribution is -2.58. The molecular weight excluding hydrogens is 226 g/mol. The molecule has 1 heterocycles. The molecule has 0 amide bonds. The molecule has 0 radical (unpaired) electrons. The van der Waals surface area contributed by atoms with Gasteiger partial charge in [-0.1, -0.05) is 24.6 Å². The molecule has 1 aromatic carbocycles. The highest BCUT2D eigenvalue weighted by Crippen LogP contribution is 2.40.